The Morgan fingerprint density at radius 2 is 1.80 bits per heavy atom. The van der Waals surface area contributed by atoms with Gasteiger partial charge in [0.15, 0.2) is 11.5 Å². The monoisotopic (exact) mass is 446 g/mol. The van der Waals surface area contributed by atoms with Gasteiger partial charge in [0.1, 0.15) is 13.2 Å². The quantitative estimate of drug-likeness (QED) is 0.392. The highest BCUT2D eigenvalue weighted by atomic mass is 35.5. The van der Waals surface area contributed by atoms with Gasteiger partial charge in [0, 0.05) is 41.5 Å². The minimum absolute atomic E-state index is 0.374. The molecule has 0 atom stereocenters. The number of aromatic nitrogens is 1. The Labute approximate surface area is 186 Å². The summed E-state index contributed by atoms with van der Waals surface area (Å²) in [5, 5.41) is 4.60. The van der Waals surface area contributed by atoms with Gasteiger partial charge in [-0.25, -0.2) is 4.98 Å². The highest BCUT2D eigenvalue weighted by molar-refractivity contribution is 6.31. The lowest BCUT2D eigenvalue weighted by Gasteiger charge is -2.15. The number of nitrogens with zero attached hydrogens (tertiary/aromatic N) is 1. The first-order valence-electron chi connectivity index (χ1n) is 9.72. The summed E-state index contributed by atoms with van der Waals surface area (Å²) in [4.78, 5) is 4.13. The topological polar surface area (TPSA) is 52.6 Å². The van der Waals surface area contributed by atoms with Gasteiger partial charge in [0.25, 0.3) is 0 Å². The summed E-state index contributed by atoms with van der Waals surface area (Å²) in [6, 6.07) is 16.8. The summed E-state index contributed by atoms with van der Waals surface area (Å²) in [7, 11) is 0. The van der Waals surface area contributed by atoms with Crippen LogP contribution in [0.1, 0.15) is 18.1 Å². The second-order valence-corrected chi connectivity index (χ2v) is 7.28. The first kappa shape index (κ1) is 22.2. The molecule has 1 heterocycles. The van der Waals surface area contributed by atoms with E-state index >= 15 is 0 Å². The van der Waals surface area contributed by atoms with E-state index in [-0.39, 0.29) is 0 Å². The van der Waals surface area contributed by atoms with Crippen molar-refractivity contribution in [3.63, 3.8) is 0 Å². The van der Waals surface area contributed by atoms with Crippen LogP contribution in [0.15, 0.2) is 60.8 Å². The van der Waals surface area contributed by atoms with E-state index in [1.54, 1.807) is 12.3 Å². The predicted molar refractivity (Wildman–Crippen MR) is 120 cm³/mol. The Balaban J connectivity index is 1.56. The molecule has 158 valence electrons. The molecule has 0 aliphatic heterocycles. The number of rotatable bonds is 11. The van der Waals surface area contributed by atoms with Crippen molar-refractivity contribution in [2.24, 2.45) is 0 Å². The zero-order valence-electron chi connectivity index (χ0n) is 16.7. The van der Waals surface area contributed by atoms with Crippen molar-refractivity contribution in [2.75, 3.05) is 19.8 Å². The van der Waals surface area contributed by atoms with Crippen LogP contribution in [-0.4, -0.2) is 24.7 Å². The molecule has 0 amide bonds. The number of benzene rings is 2. The van der Waals surface area contributed by atoms with Crippen LogP contribution in [0.2, 0.25) is 10.0 Å². The van der Waals surface area contributed by atoms with Crippen LogP contribution in [0.3, 0.4) is 0 Å². The fourth-order valence-corrected chi connectivity index (χ4v) is 3.20. The van der Waals surface area contributed by atoms with E-state index in [0.29, 0.717) is 60.3 Å². The van der Waals surface area contributed by atoms with Crippen molar-refractivity contribution in [2.45, 2.75) is 20.1 Å². The maximum absolute atomic E-state index is 6.48. The fourth-order valence-electron chi connectivity index (χ4n) is 2.76. The van der Waals surface area contributed by atoms with Crippen molar-refractivity contribution in [3.05, 3.63) is 82.0 Å². The lowest BCUT2D eigenvalue weighted by molar-refractivity contribution is 0.269. The molecule has 0 aliphatic rings. The van der Waals surface area contributed by atoms with Crippen molar-refractivity contribution in [1.82, 2.24) is 10.3 Å². The summed E-state index contributed by atoms with van der Waals surface area (Å²) in [6.07, 6.45) is 1.70. The highest BCUT2D eigenvalue weighted by Gasteiger charge is 2.12. The maximum Gasteiger partial charge on any atom is 0.213 e. The van der Waals surface area contributed by atoms with E-state index in [0.717, 1.165) is 11.1 Å². The average molecular weight is 447 g/mol. The summed E-state index contributed by atoms with van der Waals surface area (Å²) in [5.74, 6) is 1.87. The summed E-state index contributed by atoms with van der Waals surface area (Å²) in [6.45, 7) is 4.58. The standard InChI is InChI=1S/C23H24Cl2N2O3/c1-2-28-21-13-18(15-26-10-11-29-23-8-3-4-9-27-23)20(25)14-22(21)30-16-17-6-5-7-19(24)12-17/h3-9,12-14,26H,2,10-11,15-16H2,1H3. The molecule has 2 aromatic carbocycles. The van der Waals surface area contributed by atoms with Crippen LogP contribution in [0.4, 0.5) is 0 Å². The number of halogens is 2. The van der Waals surface area contributed by atoms with Gasteiger partial charge in [-0.3, -0.25) is 0 Å². The minimum atomic E-state index is 0.374. The summed E-state index contributed by atoms with van der Waals surface area (Å²) >= 11 is 12.5. The van der Waals surface area contributed by atoms with Gasteiger partial charge in [-0.05, 0) is 42.3 Å². The second kappa shape index (κ2) is 11.6. The lowest BCUT2D eigenvalue weighted by atomic mass is 10.2. The van der Waals surface area contributed by atoms with E-state index in [1.165, 1.54) is 0 Å². The van der Waals surface area contributed by atoms with Crippen LogP contribution in [0.25, 0.3) is 0 Å². The lowest BCUT2D eigenvalue weighted by Crippen LogP contribution is -2.21. The molecule has 0 bridgehead atoms. The maximum atomic E-state index is 6.48. The molecule has 5 nitrogen and oxygen atoms in total. The molecular formula is C23H24Cl2N2O3. The Hall–Kier alpha value is -2.47. The highest BCUT2D eigenvalue weighted by Crippen LogP contribution is 2.34. The normalized spacial score (nSPS) is 10.6. The van der Waals surface area contributed by atoms with Gasteiger partial charge < -0.3 is 19.5 Å². The van der Waals surface area contributed by atoms with Crippen molar-refractivity contribution in [3.8, 4) is 17.4 Å². The van der Waals surface area contributed by atoms with Gasteiger partial charge in [-0.15, -0.1) is 0 Å². The molecular weight excluding hydrogens is 423 g/mol. The summed E-state index contributed by atoms with van der Waals surface area (Å²) < 4.78 is 17.3. The van der Waals surface area contributed by atoms with Gasteiger partial charge in [0.2, 0.25) is 5.88 Å². The van der Waals surface area contributed by atoms with Gasteiger partial charge in [0.05, 0.1) is 6.61 Å². The molecule has 0 unspecified atom stereocenters. The molecule has 3 rings (SSSR count). The van der Waals surface area contributed by atoms with Gasteiger partial charge in [-0.1, -0.05) is 41.4 Å². The minimum Gasteiger partial charge on any atom is -0.490 e. The Kier molecular flexibility index (Phi) is 8.63. The number of hydrogen-bond acceptors (Lipinski definition) is 5. The van der Waals surface area contributed by atoms with E-state index < -0.39 is 0 Å². The first-order chi connectivity index (χ1) is 14.7. The van der Waals surface area contributed by atoms with Gasteiger partial charge >= 0.3 is 0 Å². The van der Waals surface area contributed by atoms with Crippen LogP contribution in [-0.2, 0) is 13.2 Å². The predicted octanol–water partition coefficient (Wildman–Crippen LogP) is 5.53. The molecule has 0 saturated heterocycles. The first-order valence-corrected chi connectivity index (χ1v) is 10.5. The van der Waals surface area contributed by atoms with Gasteiger partial charge in [-0.2, -0.15) is 0 Å². The number of nitrogens with one attached hydrogen (secondary N) is 1. The fraction of sp³-hybridized carbons (Fsp3) is 0.261. The zero-order valence-corrected chi connectivity index (χ0v) is 18.2. The smallest absolute Gasteiger partial charge is 0.213 e. The Bertz CT molecular complexity index is 939. The van der Waals surface area contributed by atoms with Crippen molar-refractivity contribution >= 4 is 23.2 Å². The van der Waals surface area contributed by atoms with Crippen molar-refractivity contribution in [1.29, 1.82) is 0 Å². The molecule has 7 heteroatoms. The third-order valence-electron chi connectivity index (χ3n) is 4.18. The molecule has 1 N–H and O–H groups in total. The molecule has 0 radical (unpaired) electrons. The molecule has 30 heavy (non-hydrogen) atoms. The molecule has 3 aromatic rings. The zero-order chi connectivity index (χ0) is 21.2. The largest absolute Gasteiger partial charge is 0.490 e. The second-order valence-electron chi connectivity index (χ2n) is 6.44. The van der Waals surface area contributed by atoms with E-state index in [2.05, 4.69) is 10.3 Å². The third kappa shape index (κ3) is 6.80. The molecule has 0 aliphatic carbocycles. The van der Waals surface area contributed by atoms with Crippen LogP contribution < -0.4 is 19.5 Å². The van der Waals surface area contributed by atoms with E-state index in [9.17, 15) is 0 Å². The molecule has 1 aromatic heterocycles. The van der Waals surface area contributed by atoms with Crippen LogP contribution >= 0.6 is 23.2 Å². The van der Waals surface area contributed by atoms with Crippen LogP contribution in [0, 0.1) is 0 Å². The number of hydrogen-bond donors (Lipinski definition) is 1. The number of ether oxygens (including phenoxy) is 3. The van der Waals surface area contributed by atoms with Crippen molar-refractivity contribution < 1.29 is 14.2 Å². The average Bonchev–Trinajstić information content (AvgIpc) is 2.75. The third-order valence-corrected chi connectivity index (χ3v) is 4.76. The number of pyridine rings is 1. The van der Waals surface area contributed by atoms with Crippen LogP contribution in [0.5, 0.6) is 17.4 Å². The Morgan fingerprint density at radius 3 is 2.57 bits per heavy atom. The Morgan fingerprint density at radius 1 is 0.933 bits per heavy atom. The SMILES string of the molecule is CCOc1cc(CNCCOc2ccccn2)c(Cl)cc1OCc1cccc(Cl)c1. The molecule has 0 saturated carbocycles. The van der Waals surface area contributed by atoms with E-state index in [4.69, 9.17) is 37.4 Å². The van der Waals surface area contributed by atoms with E-state index in [1.807, 2.05) is 55.5 Å². The summed E-state index contributed by atoms with van der Waals surface area (Å²) in [5.41, 5.74) is 1.90. The molecule has 0 spiro atoms. The molecule has 0 fully saturated rings.